The van der Waals surface area contributed by atoms with Gasteiger partial charge in [-0.3, -0.25) is 9.78 Å². The van der Waals surface area contributed by atoms with E-state index < -0.39 is 6.10 Å². The number of carbonyl (C=O) groups is 1. The first-order valence-electron chi connectivity index (χ1n) is 10.3. The highest BCUT2D eigenvalue weighted by molar-refractivity contribution is 5.95. The maximum Gasteiger partial charge on any atom is 0.254 e. The lowest BCUT2D eigenvalue weighted by molar-refractivity contribution is -0.0193. The molecule has 5 rings (SSSR count). The van der Waals surface area contributed by atoms with Gasteiger partial charge in [-0.15, -0.1) is 0 Å². The van der Waals surface area contributed by atoms with E-state index in [9.17, 15) is 9.90 Å². The third-order valence-electron chi connectivity index (χ3n) is 5.55. The first-order valence-corrected chi connectivity index (χ1v) is 10.3. The molecule has 7 nitrogen and oxygen atoms in total. The van der Waals surface area contributed by atoms with Crippen molar-refractivity contribution in [3.63, 3.8) is 0 Å². The average molecular weight is 414 g/mol. The predicted molar refractivity (Wildman–Crippen MR) is 116 cm³/mol. The lowest BCUT2D eigenvalue weighted by Crippen LogP contribution is -2.51. The standard InChI is InChI=1S/C24H22N4O3/c29-21-16-27(24(30)17-5-1-6-18(15-17)28-13-4-12-26-28)14-10-23(21)31-22-9-2-8-20-19(22)7-3-11-25-20/h1-9,11-13,15,21,23,29H,10,14,16H2/t21-,23-/m1/s1. The summed E-state index contributed by atoms with van der Waals surface area (Å²) < 4.78 is 7.86. The molecule has 156 valence electrons. The van der Waals surface area contributed by atoms with Gasteiger partial charge < -0.3 is 14.7 Å². The molecular weight excluding hydrogens is 392 g/mol. The number of benzene rings is 2. The SMILES string of the molecule is O=C(c1cccc(-n2cccn2)c1)N1CC[C@@H](Oc2cccc3ncccc23)[C@H](O)C1. The van der Waals surface area contributed by atoms with Gasteiger partial charge in [0.1, 0.15) is 18.0 Å². The quantitative estimate of drug-likeness (QED) is 0.555. The predicted octanol–water partition coefficient (Wildman–Crippen LogP) is 3.07. The van der Waals surface area contributed by atoms with Crippen LogP contribution in [-0.4, -0.2) is 56.0 Å². The number of hydrogen-bond donors (Lipinski definition) is 1. The molecule has 1 amide bonds. The lowest BCUT2D eigenvalue weighted by atomic mass is 10.0. The number of piperidine rings is 1. The fourth-order valence-corrected chi connectivity index (χ4v) is 3.96. The molecule has 0 saturated carbocycles. The topological polar surface area (TPSA) is 80.5 Å². The Morgan fingerprint density at radius 3 is 2.81 bits per heavy atom. The third-order valence-corrected chi connectivity index (χ3v) is 5.55. The van der Waals surface area contributed by atoms with Gasteiger partial charge in [-0.2, -0.15) is 5.10 Å². The van der Waals surface area contributed by atoms with Crippen molar-refractivity contribution in [2.75, 3.05) is 13.1 Å². The van der Waals surface area contributed by atoms with Crippen molar-refractivity contribution in [3.8, 4) is 11.4 Å². The number of β-amino-alcohol motifs (C(OH)–C–C–N with tert-alkyl or cyclic N) is 1. The van der Waals surface area contributed by atoms with Crippen LogP contribution in [0.2, 0.25) is 0 Å². The summed E-state index contributed by atoms with van der Waals surface area (Å²) in [6.07, 6.45) is 4.65. The fourth-order valence-electron chi connectivity index (χ4n) is 3.96. The van der Waals surface area contributed by atoms with Crippen LogP contribution in [0.4, 0.5) is 0 Å². The number of nitrogens with zero attached hydrogens (tertiary/aromatic N) is 4. The van der Waals surface area contributed by atoms with E-state index in [-0.39, 0.29) is 18.6 Å². The summed E-state index contributed by atoms with van der Waals surface area (Å²) in [5.41, 5.74) is 2.23. The average Bonchev–Trinajstić information content (AvgIpc) is 3.35. The summed E-state index contributed by atoms with van der Waals surface area (Å²) in [6.45, 7) is 0.730. The molecular formula is C24H22N4O3. The number of pyridine rings is 1. The molecule has 7 heteroatoms. The molecule has 0 aliphatic carbocycles. The second-order valence-electron chi connectivity index (χ2n) is 7.59. The number of rotatable bonds is 4. The van der Waals surface area contributed by atoms with Crippen LogP contribution in [-0.2, 0) is 0 Å². The van der Waals surface area contributed by atoms with Crippen molar-refractivity contribution in [2.24, 2.45) is 0 Å². The third kappa shape index (κ3) is 3.87. The molecule has 0 unspecified atom stereocenters. The Bertz CT molecular complexity index is 1200. The maximum atomic E-state index is 13.0. The second kappa shape index (κ2) is 8.20. The second-order valence-corrected chi connectivity index (χ2v) is 7.59. The van der Waals surface area contributed by atoms with Crippen LogP contribution < -0.4 is 4.74 Å². The Balaban J connectivity index is 1.29. The Morgan fingerprint density at radius 2 is 1.97 bits per heavy atom. The molecule has 2 aromatic heterocycles. The molecule has 1 N–H and O–H groups in total. The molecule has 1 aliphatic heterocycles. The highest BCUT2D eigenvalue weighted by atomic mass is 16.5. The number of fused-ring (bicyclic) bond motifs is 1. The van der Waals surface area contributed by atoms with Gasteiger partial charge in [0.05, 0.1) is 17.7 Å². The van der Waals surface area contributed by atoms with Gasteiger partial charge in [-0.1, -0.05) is 12.1 Å². The molecule has 1 aliphatic rings. The number of ether oxygens (including phenoxy) is 1. The van der Waals surface area contributed by atoms with Crippen molar-refractivity contribution < 1.29 is 14.6 Å². The Labute approximate surface area is 179 Å². The minimum absolute atomic E-state index is 0.110. The molecule has 31 heavy (non-hydrogen) atoms. The number of amides is 1. The van der Waals surface area contributed by atoms with Crippen LogP contribution >= 0.6 is 0 Å². The number of aliphatic hydroxyl groups excluding tert-OH is 1. The smallest absolute Gasteiger partial charge is 0.254 e. The van der Waals surface area contributed by atoms with E-state index in [1.165, 1.54) is 0 Å². The maximum absolute atomic E-state index is 13.0. The zero-order valence-corrected chi connectivity index (χ0v) is 16.8. The zero-order chi connectivity index (χ0) is 21.2. The van der Waals surface area contributed by atoms with E-state index in [1.807, 2.05) is 60.8 Å². The molecule has 1 saturated heterocycles. The number of aliphatic hydroxyl groups is 1. The van der Waals surface area contributed by atoms with Crippen molar-refractivity contribution in [2.45, 2.75) is 18.6 Å². The summed E-state index contributed by atoms with van der Waals surface area (Å²) >= 11 is 0. The fraction of sp³-hybridized carbons (Fsp3) is 0.208. The van der Waals surface area contributed by atoms with Crippen LogP contribution in [0.25, 0.3) is 16.6 Å². The highest BCUT2D eigenvalue weighted by Crippen LogP contribution is 2.27. The minimum atomic E-state index is -0.779. The number of hydrogen-bond acceptors (Lipinski definition) is 5. The summed E-state index contributed by atoms with van der Waals surface area (Å²) in [6, 6.07) is 18.7. The normalized spacial score (nSPS) is 18.8. The zero-order valence-electron chi connectivity index (χ0n) is 16.8. The summed E-state index contributed by atoms with van der Waals surface area (Å²) in [4.78, 5) is 19.1. The first-order chi connectivity index (χ1) is 15.2. The molecule has 2 atom stereocenters. The molecule has 0 spiro atoms. The minimum Gasteiger partial charge on any atom is -0.487 e. The summed E-state index contributed by atoms with van der Waals surface area (Å²) in [7, 11) is 0. The van der Waals surface area contributed by atoms with Crippen LogP contribution in [0.3, 0.4) is 0 Å². The van der Waals surface area contributed by atoms with Gasteiger partial charge in [-0.25, -0.2) is 4.68 Å². The van der Waals surface area contributed by atoms with Gasteiger partial charge in [0, 0.05) is 42.5 Å². The van der Waals surface area contributed by atoms with Crippen molar-refractivity contribution >= 4 is 16.8 Å². The van der Waals surface area contributed by atoms with E-state index in [4.69, 9.17) is 4.74 Å². The highest BCUT2D eigenvalue weighted by Gasteiger charge is 2.32. The van der Waals surface area contributed by atoms with Gasteiger partial charge in [-0.05, 0) is 48.5 Å². The van der Waals surface area contributed by atoms with E-state index in [0.29, 0.717) is 24.3 Å². The van der Waals surface area contributed by atoms with Gasteiger partial charge in [0.15, 0.2) is 0 Å². The summed E-state index contributed by atoms with van der Waals surface area (Å²) in [5, 5.41) is 15.8. The lowest BCUT2D eigenvalue weighted by Gasteiger charge is -2.36. The Kier molecular flexibility index (Phi) is 5.09. The largest absolute Gasteiger partial charge is 0.487 e. The Hall–Kier alpha value is -3.71. The van der Waals surface area contributed by atoms with Crippen molar-refractivity contribution in [1.82, 2.24) is 19.7 Å². The number of aromatic nitrogens is 3. The molecule has 0 bridgehead atoms. The van der Waals surface area contributed by atoms with Crippen LogP contribution in [0.5, 0.6) is 5.75 Å². The van der Waals surface area contributed by atoms with Gasteiger partial charge >= 0.3 is 0 Å². The van der Waals surface area contributed by atoms with Crippen molar-refractivity contribution in [3.05, 3.63) is 84.8 Å². The van der Waals surface area contributed by atoms with E-state index in [2.05, 4.69) is 10.1 Å². The molecule has 3 heterocycles. The van der Waals surface area contributed by atoms with E-state index in [1.54, 1.807) is 28.0 Å². The monoisotopic (exact) mass is 414 g/mol. The molecule has 1 fully saturated rings. The first kappa shape index (κ1) is 19.3. The summed E-state index contributed by atoms with van der Waals surface area (Å²) in [5.74, 6) is 0.585. The number of likely N-dealkylation sites (tertiary alicyclic amines) is 1. The molecule has 0 radical (unpaired) electrons. The molecule has 4 aromatic rings. The van der Waals surface area contributed by atoms with Crippen LogP contribution in [0, 0.1) is 0 Å². The Morgan fingerprint density at radius 1 is 1.06 bits per heavy atom. The van der Waals surface area contributed by atoms with E-state index >= 15 is 0 Å². The van der Waals surface area contributed by atoms with Crippen molar-refractivity contribution in [1.29, 1.82) is 0 Å². The van der Waals surface area contributed by atoms with Crippen LogP contribution in [0.15, 0.2) is 79.3 Å². The molecule has 2 aromatic carbocycles. The van der Waals surface area contributed by atoms with E-state index in [0.717, 1.165) is 16.6 Å². The number of carbonyl (C=O) groups excluding carboxylic acids is 1. The van der Waals surface area contributed by atoms with Gasteiger partial charge in [0.2, 0.25) is 0 Å². The van der Waals surface area contributed by atoms with Crippen LogP contribution in [0.1, 0.15) is 16.8 Å². The van der Waals surface area contributed by atoms with Gasteiger partial charge in [0.25, 0.3) is 5.91 Å².